The first-order chi connectivity index (χ1) is 9.61. The number of rotatable bonds is 2. The van der Waals surface area contributed by atoms with E-state index in [-0.39, 0.29) is 5.91 Å². The van der Waals surface area contributed by atoms with Crippen LogP contribution >= 0.6 is 22.6 Å². The van der Waals surface area contributed by atoms with Gasteiger partial charge in [0.25, 0.3) is 5.91 Å². The summed E-state index contributed by atoms with van der Waals surface area (Å²) in [6.45, 7) is 1.78. The molecular formula is C15H11IN2O2. The Morgan fingerprint density at radius 2 is 1.95 bits per heavy atom. The van der Waals surface area contributed by atoms with Gasteiger partial charge in [0.2, 0.25) is 0 Å². The fourth-order valence-electron chi connectivity index (χ4n) is 1.92. The lowest BCUT2D eigenvalue weighted by molar-refractivity contribution is 0.102. The number of nitrogens with one attached hydrogen (secondary N) is 1. The van der Waals surface area contributed by atoms with Gasteiger partial charge in [-0.1, -0.05) is 0 Å². The van der Waals surface area contributed by atoms with Crippen molar-refractivity contribution in [2.75, 3.05) is 5.32 Å². The average molecular weight is 378 g/mol. The van der Waals surface area contributed by atoms with Gasteiger partial charge in [-0.25, -0.2) is 4.98 Å². The lowest BCUT2D eigenvalue weighted by atomic mass is 10.2. The minimum absolute atomic E-state index is 0.159. The number of amides is 1. The first kappa shape index (κ1) is 13.1. The van der Waals surface area contributed by atoms with Gasteiger partial charge in [-0.15, -0.1) is 0 Å². The standard InChI is InChI=1S/C15H11IN2O2/c1-9-17-13-8-10(2-7-14(13)20-9)15(19)18-12-5-3-11(16)4-6-12/h2-8H,1H3,(H,18,19). The molecule has 0 saturated carbocycles. The summed E-state index contributed by atoms with van der Waals surface area (Å²) in [5.74, 6) is 0.434. The zero-order chi connectivity index (χ0) is 14.1. The molecule has 0 aliphatic rings. The monoisotopic (exact) mass is 378 g/mol. The van der Waals surface area contributed by atoms with Crippen molar-refractivity contribution in [2.45, 2.75) is 6.92 Å². The number of fused-ring (bicyclic) bond motifs is 1. The van der Waals surface area contributed by atoms with Crippen LogP contribution in [0.5, 0.6) is 0 Å². The molecule has 0 radical (unpaired) electrons. The molecule has 0 fully saturated rings. The molecule has 0 atom stereocenters. The Morgan fingerprint density at radius 3 is 2.70 bits per heavy atom. The third kappa shape index (κ3) is 2.67. The number of oxazole rings is 1. The summed E-state index contributed by atoms with van der Waals surface area (Å²) < 4.78 is 6.52. The second-order valence-corrected chi connectivity index (χ2v) is 5.62. The van der Waals surface area contributed by atoms with E-state index in [1.807, 2.05) is 24.3 Å². The van der Waals surface area contributed by atoms with E-state index in [0.717, 1.165) is 9.26 Å². The third-order valence-electron chi connectivity index (χ3n) is 2.86. The van der Waals surface area contributed by atoms with Crippen molar-refractivity contribution in [3.05, 3.63) is 57.5 Å². The van der Waals surface area contributed by atoms with Gasteiger partial charge < -0.3 is 9.73 Å². The maximum absolute atomic E-state index is 12.2. The smallest absolute Gasteiger partial charge is 0.255 e. The van der Waals surface area contributed by atoms with Crippen molar-refractivity contribution in [2.24, 2.45) is 0 Å². The molecule has 0 aliphatic carbocycles. The summed E-state index contributed by atoms with van der Waals surface area (Å²) in [5.41, 5.74) is 2.71. The number of anilines is 1. The highest BCUT2D eigenvalue weighted by molar-refractivity contribution is 14.1. The molecule has 3 aromatic rings. The molecule has 5 heteroatoms. The van der Waals surface area contributed by atoms with Gasteiger partial charge in [0.05, 0.1) is 0 Å². The molecular weight excluding hydrogens is 367 g/mol. The Labute approximate surface area is 129 Å². The zero-order valence-electron chi connectivity index (χ0n) is 10.7. The largest absolute Gasteiger partial charge is 0.441 e. The Bertz CT molecular complexity index is 778. The van der Waals surface area contributed by atoms with E-state index in [0.29, 0.717) is 22.6 Å². The molecule has 20 heavy (non-hydrogen) atoms. The summed E-state index contributed by atoms with van der Waals surface area (Å²) in [5, 5.41) is 2.86. The summed E-state index contributed by atoms with van der Waals surface area (Å²) in [6.07, 6.45) is 0. The Hall–Kier alpha value is -1.89. The maximum atomic E-state index is 12.2. The number of carbonyl (C=O) groups is 1. The molecule has 0 aliphatic heterocycles. The molecule has 0 unspecified atom stereocenters. The van der Waals surface area contributed by atoms with Crippen LogP contribution in [-0.4, -0.2) is 10.9 Å². The van der Waals surface area contributed by atoms with Gasteiger partial charge >= 0.3 is 0 Å². The molecule has 1 aromatic heterocycles. The first-order valence-electron chi connectivity index (χ1n) is 6.06. The lowest BCUT2D eigenvalue weighted by Crippen LogP contribution is -2.11. The van der Waals surface area contributed by atoms with Crippen LogP contribution < -0.4 is 5.32 Å². The van der Waals surface area contributed by atoms with Crippen LogP contribution in [0.2, 0.25) is 0 Å². The van der Waals surface area contributed by atoms with Gasteiger partial charge in [0, 0.05) is 21.7 Å². The number of hydrogen-bond acceptors (Lipinski definition) is 3. The van der Waals surface area contributed by atoms with E-state index in [2.05, 4.69) is 32.9 Å². The highest BCUT2D eigenvalue weighted by Gasteiger charge is 2.09. The number of aryl methyl sites for hydroxylation is 1. The quantitative estimate of drug-likeness (QED) is 0.686. The minimum atomic E-state index is -0.159. The summed E-state index contributed by atoms with van der Waals surface area (Å²) in [4.78, 5) is 16.4. The third-order valence-corrected chi connectivity index (χ3v) is 3.58. The number of aromatic nitrogens is 1. The number of carbonyl (C=O) groups excluding carboxylic acids is 1. The summed E-state index contributed by atoms with van der Waals surface area (Å²) >= 11 is 2.22. The number of halogens is 1. The Balaban J connectivity index is 1.86. The van der Waals surface area contributed by atoms with E-state index in [1.165, 1.54) is 0 Å². The van der Waals surface area contributed by atoms with Crippen LogP contribution in [0.3, 0.4) is 0 Å². The highest BCUT2D eigenvalue weighted by atomic mass is 127. The molecule has 1 amide bonds. The Morgan fingerprint density at radius 1 is 1.20 bits per heavy atom. The fraction of sp³-hybridized carbons (Fsp3) is 0.0667. The minimum Gasteiger partial charge on any atom is -0.441 e. The molecule has 2 aromatic carbocycles. The predicted octanol–water partition coefficient (Wildman–Crippen LogP) is 3.99. The molecule has 0 spiro atoms. The molecule has 0 saturated heterocycles. The second kappa shape index (κ2) is 5.24. The molecule has 4 nitrogen and oxygen atoms in total. The van der Waals surface area contributed by atoms with Gasteiger partial charge in [0.15, 0.2) is 11.5 Å². The van der Waals surface area contributed by atoms with Crippen molar-refractivity contribution in [1.82, 2.24) is 4.98 Å². The van der Waals surface area contributed by atoms with Crippen LogP contribution in [-0.2, 0) is 0 Å². The van der Waals surface area contributed by atoms with Crippen LogP contribution in [0, 0.1) is 10.5 Å². The van der Waals surface area contributed by atoms with Crippen LogP contribution in [0.4, 0.5) is 5.69 Å². The van der Waals surface area contributed by atoms with Crippen LogP contribution in [0.1, 0.15) is 16.2 Å². The summed E-state index contributed by atoms with van der Waals surface area (Å²) in [7, 11) is 0. The number of nitrogens with zero attached hydrogens (tertiary/aromatic N) is 1. The van der Waals surface area contributed by atoms with Crippen molar-refractivity contribution < 1.29 is 9.21 Å². The Kier molecular flexibility index (Phi) is 3.43. The van der Waals surface area contributed by atoms with Crippen molar-refractivity contribution in [1.29, 1.82) is 0 Å². The summed E-state index contributed by atoms with van der Waals surface area (Å²) in [6, 6.07) is 12.9. The molecule has 1 N–H and O–H groups in total. The molecule has 1 heterocycles. The predicted molar refractivity (Wildman–Crippen MR) is 85.9 cm³/mol. The normalized spacial score (nSPS) is 10.7. The van der Waals surface area contributed by atoms with E-state index in [4.69, 9.17) is 4.42 Å². The number of benzene rings is 2. The maximum Gasteiger partial charge on any atom is 0.255 e. The average Bonchev–Trinajstić information content (AvgIpc) is 2.80. The topological polar surface area (TPSA) is 55.1 Å². The zero-order valence-corrected chi connectivity index (χ0v) is 12.8. The van der Waals surface area contributed by atoms with E-state index in [9.17, 15) is 4.79 Å². The SMILES string of the molecule is Cc1nc2cc(C(=O)Nc3ccc(I)cc3)ccc2o1. The van der Waals surface area contributed by atoms with E-state index < -0.39 is 0 Å². The van der Waals surface area contributed by atoms with Gasteiger partial charge in [-0.2, -0.15) is 0 Å². The van der Waals surface area contributed by atoms with Crippen molar-refractivity contribution in [3.63, 3.8) is 0 Å². The highest BCUT2D eigenvalue weighted by Crippen LogP contribution is 2.18. The second-order valence-electron chi connectivity index (χ2n) is 4.38. The molecule has 0 bridgehead atoms. The van der Waals surface area contributed by atoms with Crippen molar-refractivity contribution in [3.8, 4) is 0 Å². The van der Waals surface area contributed by atoms with Gasteiger partial charge in [0.1, 0.15) is 5.52 Å². The molecule has 3 rings (SSSR count). The van der Waals surface area contributed by atoms with Gasteiger partial charge in [-0.3, -0.25) is 4.79 Å². The van der Waals surface area contributed by atoms with E-state index in [1.54, 1.807) is 25.1 Å². The van der Waals surface area contributed by atoms with Crippen molar-refractivity contribution >= 4 is 45.3 Å². The number of hydrogen-bond donors (Lipinski definition) is 1. The van der Waals surface area contributed by atoms with E-state index >= 15 is 0 Å². The van der Waals surface area contributed by atoms with Gasteiger partial charge in [-0.05, 0) is 65.1 Å². The fourth-order valence-corrected chi connectivity index (χ4v) is 2.28. The van der Waals surface area contributed by atoms with Crippen LogP contribution in [0.25, 0.3) is 11.1 Å². The van der Waals surface area contributed by atoms with Crippen LogP contribution in [0.15, 0.2) is 46.9 Å². The first-order valence-corrected chi connectivity index (χ1v) is 7.14. The lowest BCUT2D eigenvalue weighted by Gasteiger charge is -2.05. The molecule has 100 valence electrons.